The van der Waals surface area contributed by atoms with Gasteiger partial charge in [-0.3, -0.25) is 4.90 Å². The summed E-state index contributed by atoms with van der Waals surface area (Å²) in [7, 11) is 2.06. The molecule has 2 nitrogen and oxygen atoms in total. The summed E-state index contributed by atoms with van der Waals surface area (Å²) in [6, 6.07) is 5.97. The van der Waals surface area contributed by atoms with Crippen molar-refractivity contribution in [3.05, 3.63) is 33.8 Å². The first-order chi connectivity index (χ1) is 8.58. The Balaban J connectivity index is 2.01. The number of halogens is 2. The minimum Gasteiger partial charge on any atom is -0.391 e. The molecule has 100 valence electrons. The van der Waals surface area contributed by atoms with Crippen molar-refractivity contribution in [2.45, 2.75) is 44.4 Å². The van der Waals surface area contributed by atoms with Crippen molar-refractivity contribution in [1.29, 1.82) is 0 Å². The summed E-state index contributed by atoms with van der Waals surface area (Å²) in [4.78, 5) is 2.21. The molecule has 1 aromatic rings. The summed E-state index contributed by atoms with van der Waals surface area (Å²) in [5, 5.41) is 11.2. The van der Waals surface area contributed by atoms with Gasteiger partial charge in [0.05, 0.1) is 16.1 Å². The highest BCUT2D eigenvalue weighted by Gasteiger charge is 2.26. The van der Waals surface area contributed by atoms with Crippen molar-refractivity contribution in [3.63, 3.8) is 0 Å². The molecular formula is C14H19Cl2NO. The van der Waals surface area contributed by atoms with E-state index in [1.807, 2.05) is 18.2 Å². The van der Waals surface area contributed by atoms with Gasteiger partial charge in [0.1, 0.15) is 0 Å². The predicted octanol–water partition coefficient (Wildman–Crippen LogP) is 3.73. The maximum atomic E-state index is 10.0. The van der Waals surface area contributed by atoms with Gasteiger partial charge in [-0.05, 0) is 37.6 Å². The molecule has 1 saturated carbocycles. The van der Waals surface area contributed by atoms with Crippen molar-refractivity contribution in [2.75, 3.05) is 7.05 Å². The Morgan fingerprint density at radius 2 is 1.94 bits per heavy atom. The molecule has 0 radical (unpaired) electrons. The van der Waals surface area contributed by atoms with E-state index in [0.717, 1.165) is 31.4 Å². The van der Waals surface area contributed by atoms with Crippen LogP contribution in [0.1, 0.15) is 31.2 Å². The molecule has 1 aliphatic rings. The largest absolute Gasteiger partial charge is 0.391 e. The van der Waals surface area contributed by atoms with Crippen LogP contribution >= 0.6 is 23.2 Å². The van der Waals surface area contributed by atoms with Gasteiger partial charge in [-0.15, -0.1) is 0 Å². The van der Waals surface area contributed by atoms with Gasteiger partial charge in [-0.1, -0.05) is 42.1 Å². The van der Waals surface area contributed by atoms with E-state index in [2.05, 4.69) is 11.9 Å². The van der Waals surface area contributed by atoms with Crippen LogP contribution in [0.25, 0.3) is 0 Å². The zero-order chi connectivity index (χ0) is 13.1. The van der Waals surface area contributed by atoms with Gasteiger partial charge >= 0.3 is 0 Å². The third-order valence-corrected chi connectivity index (χ3v) is 4.42. The standard InChI is InChI=1S/C14H19Cl2NO/c1-17(13-4-2-3-5-14(13)18)9-10-6-7-11(15)12(16)8-10/h6-8,13-14,18H,2-5,9H2,1H3. The third-order valence-electron chi connectivity index (χ3n) is 3.68. The van der Waals surface area contributed by atoms with Gasteiger partial charge in [0, 0.05) is 12.6 Å². The number of nitrogens with zero attached hydrogens (tertiary/aromatic N) is 1. The van der Waals surface area contributed by atoms with E-state index < -0.39 is 0 Å². The molecule has 0 spiro atoms. The van der Waals surface area contributed by atoms with E-state index >= 15 is 0 Å². The lowest BCUT2D eigenvalue weighted by molar-refractivity contribution is 0.0288. The maximum absolute atomic E-state index is 10.0. The van der Waals surface area contributed by atoms with Crippen LogP contribution in [-0.2, 0) is 6.54 Å². The molecule has 18 heavy (non-hydrogen) atoms. The number of benzene rings is 1. The first kappa shape index (κ1) is 14.1. The monoisotopic (exact) mass is 287 g/mol. The van der Waals surface area contributed by atoms with Gasteiger partial charge in [0.25, 0.3) is 0 Å². The van der Waals surface area contributed by atoms with Crippen LogP contribution in [0.15, 0.2) is 18.2 Å². The molecule has 1 fully saturated rings. The molecule has 1 aromatic carbocycles. The van der Waals surface area contributed by atoms with Crippen LogP contribution in [0.4, 0.5) is 0 Å². The molecule has 0 saturated heterocycles. The van der Waals surface area contributed by atoms with E-state index in [0.29, 0.717) is 10.0 Å². The molecule has 0 aromatic heterocycles. The first-order valence-corrected chi connectivity index (χ1v) is 7.16. The molecule has 0 bridgehead atoms. The van der Waals surface area contributed by atoms with Crippen molar-refractivity contribution >= 4 is 23.2 Å². The maximum Gasteiger partial charge on any atom is 0.0695 e. The number of hydrogen-bond acceptors (Lipinski definition) is 2. The highest BCUT2D eigenvalue weighted by molar-refractivity contribution is 6.42. The van der Waals surface area contributed by atoms with Crippen molar-refractivity contribution in [2.24, 2.45) is 0 Å². The van der Waals surface area contributed by atoms with Crippen molar-refractivity contribution in [1.82, 2.24) is 4.90 Å². The Hall–Kier alpha value is -0.280. The van der Waals surface area contributed by atoms with Crippen LogP contribution in [0.5, 0.6) is 0 Å². The van der Waals surface area contributed by atoms with Crippen molar-refractivity contribution in [3.8, 4) is 0 Å². The normalized spacial score (nSPS) is 24.5. The minimum absolute atomic E-state index is 0.202. The van der Waals surface area contributed by atoms with Gasteiger partial charge in [0.2, 0.25) is 0 Å². The van der Waals surface area contributed by atoms with E-state index in [1.165, 1.54) is 6.42 Å². The Labute approximate surface area is 119 Å². The fourth-order valence-electron chi connectivity index (χ4n) is 2.65. The molecule has 2 rings (SSSR count). The second-order valence-electron chi connectivity index (χ2n) is 5.08. The fourth-order valence-corrected chi connectivity index (χ4v) is 2.97. The molecule has 0 aliphatic heterocycles. The smallest absolute Gasteiger partial charge is 0.0695 e. The minimum atomic E-state index is -0.202. The van der Waals surface area contributed by atoms with Crippen LogP contribution in [-0.4, -0.2) is 29.2 Å². The lowest BCUT2D eigenvalue weighted by atomic mass is 9.91. The molecule has 0 amide bonds. The molecule has 4 heteroatoms. The van der Waals surface area contributed by atoms with E-state index in [9.17, 15) is 5.11 Å². The number of likely N-dealkylation sites (N-methyl/N-ethyl adjacent to an activating group) is 1. The van der Waals surface area contributed by atoms with Gasteiger partial charge in [0.15, 0.2) is 0 Å². The summed E-state index contributed by atoms with van der Waals surface area (Å²) in [6.45, 7) is 0.790. The Morgan fingerprint density at radius 1 is 1.22 bits per heavy atom. The lowest BCUT2D eigenvalue weighted by Crippen LogP contribution is -2.42. The highest BCUT2D eigenvalue weighted by Crippen LogP contribution is 2.26. The van der Waals surface area contributed by atoms with E-state index in [4.69, 9.17) is 23.2 Å². The Kier molecular flexibility index (Phi) is 4.91. The van der Waals surface area contributed by atoms with Crippen LogP contribution in [0, 0.1) is 0 Å². The van der Waals surface area contributed by atoms with E-state index in [1.54, 1.807) is 0 Å². The van der Waals surface area contributed by atoms with Gasteiger partial charge in [-0.2, -0.15) is 0 Å². The average Bonchev–Trinajstić information content (AvgIpc) is 2.34. The summed E-state index contributed by atoms with van der Waals surface area (Å²) in [6.07, 6.45) is 4.12. The topological polar surface area (TPSA) is 23.5 Å². The number of aliphatic hydroxyl groups excluding tert-OH is 1. The highest BCUT2D eigenvalue weighted by atomic mass is 35.5. The molecule has 2 atom stereocenters. The Morgan fingerprint density at radius 3 is 2.61 bits per heavy atom. The second-order valence-corrected chi connectivity index (χ2v) is 5.90. The van der Waals surface area contributed by atoms with Crippen LogP contribution < -0.4 is 0 Å². The summed E-state index contributed by atoms with van der Waals surface area (Å²) >= 11 is 11.9. The van der Waals surface area contributed by atoms with Gasteiger partial charge < -0.3 is 5.11 Å². The first-order valence-electron chi connectivity index (χ1n) is 6.40. The fraction of sp³-hybridized carbons (Fsp3) is 0.571. The quantitative estimate of drug-likeness (QED) is 0.916. The molecular weight excluding hydrogens is 269 g/mol. The third kappa shape index (κ3) is 3.39. The number of hydrogen-bond donors (Lipinski definition) is 1. The summed E-state index contributed by atoms with van der Waals surface area (Å²) < 4.78 is 0. The predicted molar refractivity (Wildman–Crippen MR) is 76.2 cm³/mol. The zero-order valence-corrected chi connectivity index (χ0v) is 12.1. The number of rotatable bonds is 3. The summed E-state index contributed by atoms with van der Waals surface area (Å²) in [5.41, 5.74) is 1.13. The zero-order valence-electron chi connectivity index (χ0n) is 10.6. The average molecular weight is 288 g/mol. The summed E-state index contributed by atoms with van der Waals surface area (Å²) in [5.74, 6) is 0. The molecule has 2 unspecified atom stereocenters. The van der Waals surface area contributed by atoms with Crippen LogP contribution in [0.2, 0.25) is 10.0 Å². The van der Waals surface area contributed by atoms with Gasteiger partial charge in [-0.25, -0.2) is 0 Å². The molecule has 1 aliphatic carbocycles. The number of aliphatic hydroxyl groups is 1. The SMILES string of the molecule is CN(Cc1ccc(Cl)c(Cl)c1)C1CCCCC1O. The Bertz CT molecular complexity index is 411. The van der Waals surface area contributed by atoms with Crippen LogP contribution in [0.3, 0.4) is 0 Å². The van der Waals surface area contributed by atoms with E-state index in [-0.39, 0.29) is 12.1 Å². The van der Waals surface area contributed by atoms with Crippen molar-refractivity contribution < 1.29 is 5.11 Å². The second kappa shape index (κ2) is 6.25. The lowest BCUT2D eigenvalue weighted by Gasteiger charge is -2.35. The molecule has 0 heterocycles. The molecule has 1 N–H and O–H groups in total.